The number of amides is 2. The molecule has 31 heavy (non-hydrogen) atoms. The first-order valence-corrected chi connectivity index (χ1v) is 9.61. The first kappa shape index (κ1) is 21.9. The Morgan fingerprint density at radius 3 is 2.23 bits per heavy atom. The normalized spacial score (nSPS) is 10.4. The van der Waals surface area contributed by atoms with Crippen molar-refractivity contribution in [2.75, 3.05) is 17.2 Å². The monoisotopic (exact) mass is 439 g/mol. The highest BCUT2D eigenvalue weighted by molar-refractivity contribution is 6.31. The van der Waals surface area contributed by atoms with Gasteiger partial charge in [-0.25, -0.2) is 0 Å². The molecule has 0 saturated heterocycles. The molecule has 0 spiro atoms. The number of carbonyl (C=O) groups excluding carboxylic acids is 2. The molecule has 0 atom stereocenters. The lowest BCUT2D eigenvalue weighted by atomic mass is 10.1. The molecule has 0 aliphatic carbocycles. The van der Waals surface area contributed by atoms with Gasteiger partial charge in [0.15, 0.2) is 0 Å². The van der Waals surface area contributed by atoms with Crippen LogP contribution in [0.15, 0.2) is 66.7 Å². The van der Waals surface area contributed by atoms with Gasteiger partial charge in [0, 0.05) is 35.0 Å². The van der Waals surface area contributed by atoms with Gasteiger partial charge in [0.25, 0.3) is 17.5 Å². The molecule has 9 heteroatoms. The Labute approximate surface area is 182 Å². The molecule has 2 amide bonds. The quantitative estimate of drug-likeness (QED) is 0.374. The molecule has 0 unspecified atom stereocenters. The van der Waals surface area contributed by atoms with Crippen LogP contribution in [0.5, 0.6) is 0 Å². The fourth-order valence-electron chi connectivity index (χ4n) is 2.82. The Hall–Kier alpha value is -3.75. The van der Waals surface area contributed by atoms with Gasteiger partial charge < -0.3 is 15.7 Å². The molecule has 8 nitrogen and oxygen atoms in total. The lowest BCUT2D eigenvalue weighted by Gasteiger charge is -2.12. The third-order valence-corrected chi connectivity index (χ3v) is 4.66. The maximum absolute atomic E-state index is 12.8. The maximum Gasteiger partial charge on any atom is 0.269 e. The van der Waals surface area contributed by atoms with Crippen molar-refractivity contribution in [1.29, 1.82) is 0 Å². The molecule has 0 saturated carbocycles. The third kappa shape index (κ3) is 5.65. The lowest BCUT2D eigenvalue weighted by molar-refractivity contribution is -0.384. The first-order valence-electron chi connectivity index (χ1n) is 9.24. The molecule has 0 bridgehead atoms. The molecule has 3 rings (SSSR count). The van der Waals surface area contributed by atoms with E-state index in [9.17, 15) is 19.7 Å². The summed E-state index contributed by atoms with van der Waals surface area (Å²) >= 11 is 6.04. The highest BCUT2D eigenvalue weighted by Gasteiger charge is 2.16. The minimum Gasteiger partial charge on any atom is -0.396 e. The fourth-order valence-corrected chi connectivity index (χ4v) is 3.00. The summed E-state index contributed by atoms with van der Waals surface area (Å²) in [5.41, 5.74) is 1.93. The third-order valence-electron chi connectivity index (χ3n) is 4.43. The average Bonchev–Trinajstić information content (AvgIpc) is 2.76. The van der Waals surface area contributed by atoms with Gasteiger partial charge in [-0.2, -0.15) is 0 Å². The number of hydrogen-bond donors (Lipinski definition) is 3. The highest BCUT2D eigenvalue weighted by Crippen LogP contribution is 2.23. The van der Waals surface area contributed by atoms with Crippen molar-refractivity contribution in [3.8, 4) is 0 Å². The summed E-state index contributed by atoms with van der Waals surface area (Å²) in [6.45, 7) is 0.0338. The van der Waals surface area contributed by atoms with E-state index in [0.29, 0.717) is 17.1 Å². The summed E-state index contributed by atoms with van der Waals surface area (Å²) in [7, 11) is 0. The number of hydrogen-bond acceptors (Lipinski definition) is 5. The predicted octanol–water partition coefficient (Wildman–Crippen LogP) is 4.29. The van der Waals surface area contributed by atoms with Crippen molar-refractivity contribution >= 4 is 40.5 Å². The molecular formula is C22H18ClN3O5. The number of aliphatic hydroxyl groups is 1. The summed E-state index contributed by atoms with van der Waals surface area (Å²) < 4.78 is 0. The van der Waals surface area contributed by atoms with E-state index in [1.54, 1.807) is 24.3 Å². The molecular weight excluding hydrogens is 422 g/mol. The number of rotatable bonds is 7. The molecule has 0 radical (unpaired) electrons. The zero-order valence-corrected chi connectivity index (χ0v) is 16.9. The van der Waals surface area contributed by atoms with Crippen LogP contribution in [-0.4, -0.2) is 28.5 Å². The molecule has 158 valence electrons. The Morgan fingerprint density at radius 2 is 1.61 bits per heavy atom. The summed E-state index contributed by atoms with van der Waals surface area (Å²) in [4.78, 5) is 35.6. The lowest BCUT2D eigenvalue weighted by Crippen LogP contribution is -2.18. The van der Waals surface area contributed by atoms with Gasteiger partial charge in [-0.15, -0.1) is 0 Å². The van der Waals surface area contributed by atoms with E-state index in [1.165, 1.54) is 42.5 Å². The molecule has 3 aromatic rings. The van der Waals surface area contributed by atoms with Crippen LogP contribution in [-0.2, 0) is 6.42 Å². The number of nitro groups is 1. The average molecular weight is 440 g/mol. The van der Waals surface area contributed by atoms with Gasteiger partial charge in [-0.1, -0.05) is 23.7 Å². The minimum atomic E-state index is -0.556. The number of benzene rings is 3. The molecule has 0 heterocycles. The van der Waals surface area contributed by atoms with E-state index >= 15 is 0 Å². The highest BCUT2D eigenvalue weighted by atomic mass is 35.5. The summed E-state index contributed by atoms with van der Waals surface area (Å²) in [5, 5.41) is 25.4. The Bertz CT molecular complexity index is 1110. The zero-order chi connectivity index (χ0) is 22.4. The van der Waals surface area contributed by atoms with E-state index in [1.807, 2.05) is 0 Å². The van der Waals surface area contributed by atoms with Crippen molar-refractivity contribution in [2.24, 2.45) is 0 Å². The van der Waals surface area contributed by atoms with E-state index in [4.69, 9.17) is 16.7 Å². The number of anilines is 2. The summed E-state index contributed by atoms with van der Waals surface area (Å²) in [5.74, 6) is -1.00. The van der Waals surface area contributed by atoms with Crippen LogP contribution >= 0.6 is 11.6 Å². The van der Waals surface area contributed by atoms with Crippen LogP contribution in [0.1, 0.15) is 26.3 Å². The second-order valence-electron chi connectivity index (χ2n) is 6.57. The van der Waals surface area contributed by atoms with Gasteiger partial charge in [-0.3, -0.25) is 19.7 Å². The Morgan fingerprint density at radius 1 is 0.935 bits per heavy atom. The Balaban J connectivity index is 1.78. The largest absolute Gasteiger partial charge is 0.396 e. The molecule has 0 fully saturated rings. The first-order chi connectivity index (χ1) is 14.9. The number of nitrogens with one attached hydrogen (secondary N) is 2. The van der Waals surface area contributed by atoms with Gasteiger partial charge in [0.1, 0.15) is 0 Å². The standard InChI is InChI=1S/C22H18ClN3O5/c23-16-5-10-20(25-21(28)15-3-8-18(9-4-15)26(30)31)19(13-16)22(29)24-17-6-1-14(2-7-17)11-12-27/h1-10,13,27H,11-12H2,(H,24,29)(H,25,28). The van der Waals surface area contributed by atoms with Gasteiger partial charge in [-0.05, 0) is 54.4 Å². The van der Waals surface area contributed by atoms with Crippen molar-refractivity contribution in [1.82, 2.24) is 0 Å². The van der Waals surface area contributed by atoms with Crippen molar-refractivity contribution in [2.45, 2.75) is 6.42 Å². The number of aliphatic hydroxyl groups excluding tert-OH is 1. The Kier molecular flexibility index (Phi) is 6.96. The van der Waals surface area contributed by atoms with Gasteiger partial charge in [0.2, 0.25) is 0 Å². The number of nitro benzene ring substituents is 1. The van der Waals surface area contributed by atoms with Crippen LogP contribution in [0.2, 0.25) is 5.02 Å². The smallest absolute Gasteiger partial charge is 0.269 e. The minimum absolute atomic E-state index is 0.0338. The number of non-ortho nitro benzene ring substituents is 1. The van der Waals surface area contributed by atoms with Crippen LogP contribution in [0.4, 0.5) is 17.1 Å². The molecule has 3 aromatic carbocycles. The van der Waals surface area contributed by atoms with Crippen LogP contribution < -0.4 is 10.6 Å². The topological polar surface area (TPSA) is 122 Å². The van der Waals surface area contributed by atoms with E-state index < -0.39 is 16.7 Å². The zero-order valence-electron chi connectivity index (χ0n) is 16.2. The molecule has 0 aromatic heterocycles. The second kappa shape index (κ2) is 9.84. The van der Waals surface area contributed by atoms with Gasteiger partial charge >= 0.3 is 0 Å². The van der Waals surface area contributed by atoms with Crippen molar-refractivity contribution in [3.63, 3.8) is 0 Å². The van der Waals surface area contributed by atoms with Crippen LogP contribution in [0.25, 0.3) is 0 Å². The number of halogens is 1. The summed E-state index contributed by atoms with van der Waals surface area (Å²) in [6.07, 6.45) is 0.515. The molecule has 0 aliphatic heterocycles. The fraction of sp³-hybridized carbons (Fsp3) is 0.0909. The van der Waals surface area contributed by atoms with Crippen LogP contribution in [0.3, 0.4) is 0 Å². The maximum atomic E-state index is 12.8. The van der Waals surface area contributed by atoms with Gasteiger partial charge in [0.05, 0.1) is 16.2 Å². The van der Waals surface area contributed by atoms with Crippen molar-refractivity contribution in [3.05, 3.63) is 98.6 Å². The SMILES string of the molecule is O=C(Nc1ccc(Cl)cc1C(=O)Nc1ccc(CCO)cc1)c1ccc([N+](=O)[O-])cc1. The predicted molar refractivity (Wildman–Crippen MR) is 118 cm³/mol. The van der Waals surface area contributed by atoms with Crippen LogP contribution in [0, 0.1) is 10.1 Å². The van der Waals surface area contributed by atoms with E-state index in [0.717, 1.165) is 5.56 Å². The molecule has 3 N–H and O–H groups in total. The van der Waals surface area contributed by atoms with E-state index in [-0.39, 0.29) is 29.1 Å². The molecule has 0 aliphatic rings. The van der Waals surface area contributed by atoms with Crippen molar-refractivity contribution < 1.29 is 19.6 Å². The number of carbonyl (C=O) groups is 2. The summed E-state index contributed by atoms with van der Waals surface area (Å²) in [6, 6.07) is 16.6. The second-order valence-corrected chi connectivity index (χ2v) is 7.01. The van der Waals surface area contributed by atoms with E-state index in [2.05, 4.69) is 10.6 Å². The number of nitrogens with zero attached hydrogens (tertiary/aromatic N) is 1.